The zero-order valence-corrected chi connectivity index (χ0v) is 12.6. The highest BCUT2D eigenvalue weighted by atomic mass is 16.3. The molecule has 8 nitrogen and oxygen atoms in total. The zero-order valence-electron chi connectivity index (χ0n) is 12.6. The number of carbonyl (C=O) groups is 2. The Kier molecular flexibility index (Phi) is 6.38. The number of hydrogen-bond acceptors (Lipinski definition) is 5. The molecule has 1 aliphatic rings. The molecule has 0 aromatic carbocycles. The van der Waals surface area contributed by atoms with Crippen molar-refractivity contribution in [2.45, 2.75) is 18.4 Å². The first kappa shape index (κ1) is 17.7. The number of aliphatic hydroxyl groups is 3. The fourth-order valence-electron chi connectivity index (χ4n) is 2.28. The average Bonchev–Trinajstić information content (AvgIpc) is 2.51. The second-order valence-corrected chi connectivity index (χ2v) is 5.71. The van der Waals surface area contributed by atoms with Gasteiger partial charge in [-0.3, -0.25) is 4.79 Å². The Morgan fingerprint density at radius 1 is 1.24 bits per heavy atom. The van der Waals surface area contributed by atoms with E-state index in [0.717, 1.165) is 0 Å². The number of aliphatic hydroxyl groups excluding tert-OH is 3. The standard InChI is InChI=1S/C13H25N3O5/c1-15(2)12(21)16-5-3-4-10(6-16)11(20)14-13(7-17,8-18)9-19/h10,17-19H,3-9H2,1-2H3,(H,14,20). The second kappa shape index (κ2) is 7.58. The van der Waals surface area contributed by atoms with Crippen LogP contribution >= 0.6 is 0 Å². The van der Waals surface area contributed by atoms with Crippen molar-refractivity contribution in [1.29, 1.82) is 0 Å². The first-order valence-corrected chi connectivity index (χ1v) is 7.00. The van der Waals surface area contributed by atoms with Crippen LogP contribution in [-0.4, -0.2) is 89.6 Å². The molecule has 1 saturated heterocycles. The lowest BCUT2D eigenvalue weighted by Gasteiger charge is -2.36. The van der Waals surface area contributed by atoms with E-state index in [9.17, 15) is 24.9 Å². The predicted molar refractivity (Wildman–Crippen MR) is 75.5 cm³/mol. The molecular formula is C13H25N3O5. The Hall–Kier alpha value is -1.38. The van der Waals surface area contributed by atoms with Gasteiger partial charge in [-0.05, 0) is 12.8 Å². The van der Waals surface area contributed by atoms with Gasteiger partial charge in [-0.2, -0.15) is 0 Å². The van der Waals surface area contributed by atoms with Crippen LogP contribution in [0.15, 0.2) is 0 Å². The van der Waals surface area contributed by atoms with Gasteiger partial charge in [0.05, 0.1) is 25.7 Å². The fraction of sp³-hybridized carbons (Fsp3) is 0.846. The number of urea groups is 1. The van der Waals surface area contributed by atoms with Crippen LogP contribution in [0.2, 0.25) is 0 Å². The lowest BCUT2D eigenvalue weighted by atomic mass is 9.95. The van der Waals surface area contributed by atoms with Gasteiger partial charge in [0, 0.05) is 27.2 Å². The normalized spacial score (nSPS) is 19.3. The molecule has 0 aromatic rings. The van der Waals surface area contributed by atoms with E-state index in [2.05, 4.69) is 5.32 Å². The summed E-state index contributed by atoms with van der Waals surface area (Å²) in [5, 5.41) is 30.2. The van der Waals surface area contributed by atoms with Crippen molar-refractivity contribution < 1.29 is 24.9 Å². The summed E-state index contributed by atoms with van der Waals surface area (Å²) in [5.41, 5.74) is -1.43. The predicted octanol–water partition coefficient (Wildman–Crippen LogP) is -1.79. The molecular weight excluding hydrogens is 278 g/mol. The number of piperidine rings is 1. The minimum atomic E-state index is -1.43. The van der Waals surface area contributed by atoms with Crippen LogP contribution in [0.1, 0.15) is 12.8 Å². The number of hydrogen-bond donors (Lipinski definition) is 4. The quantitative estimate of drug-likeness (QED) is 0.479. The smallest absolute Gasteiger partial charge is 0.319 e. The van der Waals surface area contributed by atoms with E-state index < -0.39 is 31.3 Å². The first-order chi connectivity index (χ1) is 9.89. The third-order valence-corrected chi connectivity index (χ3v) is 3.74. The van der Waals surface area contributed by atoms with Crippen molar-refractivity contribution >= 4 is 11.9 Å². The van der Waals surface area contributed by atoms with Gasteiger partial charge in [0.1, 0.15) is 5.54 Å². The Morgan fingerprint density at radius 2 is 1.81 bits per heavy atom. The summed E-state index contributed by atoms with van der Waals surface area (Å²) in [6.45, 7) is -0.774. The van der Waals surface area contributed by atoms with E-state index >= 15 is 0 Å². The van der Waals surface area contributed by atoms with Crippen LogP contribution in [0.25, 0.3) is 0 Å². The second-order valence-electron chi connectivity index (χ2n) is 5.71. The summed E-state index contributed by atoms with van der Waals surface area (Å²) in [5.74, 6) is -0.782. The Bertz CT molecular complexity index is 363. The third kappa shape index (κ3) is 4.29. The van der Waals surface area contributed by atoms with Crippen LogP contribution in [0.3, 0.4) is 0 Å². The molecule has 0 bridgehead atoms. The molecule has 21 heavy (non-hydrogen) atoms. The largest absolute Gasteiger partial charge is 0.394 e. The number of amides is 3. The van der Waals surface area contributed by atoms with Crippen LogP contribution < -0.4 is 5.32 Å². The molecule has 1 heterocycles. The van der Waals surface area contributed by atoms with Gasteiger partial charge in [-0.1, -0.05) is 0 Å². The van der Waals surface area contributed by atoms with E-state index in [0.29, 0.717) is 25.9 Å². The Morgan fingerprint density at radius 3 is 2.29 bits per heavy atom. The molecule has 122 valence electrons. The molecule has 0 aromatic heterocycles. The van der Waals surface area contributed by atoms with Gasteiger partial charge in [-0.15, -0.1) is 0 Å². The minimum Gasteiger partial charge on any atom is -0.394 e. The lowest BCUT2D eigenvalue weighted by molar-refractivity contribution is -0.130. The van der Waals surface area contributed by atoms with Gasteiger partial charge in [0.2, 0.25) is 5.91 Å². The highest BCUT2D eigenvalue weighted by Crippen LogP contribution is 2.18. The van der Waals surface area contributed by atoms with E-state index in [1.165, 1.54) is 4.90 Å². The van der Waals surface area contributed by atoms with Crippen molar-refractivity contribution in [2.75, 3.05) is 47.0 Å². The molecule has 4 N–H and O–H groups in total. The van der Waals surface area contributed by atoms with E-state index in [1.54, 1.807) is 19.0 Å². The molecule has 1 fully saturated rings. The number of nitrogens with one attached hydrogen (secondary N) is 1. The van der Waals surface area contributed by atoms with E-state index in [1.807, 2.05) is 0 Å². The average molecular weight is 303 g/mol. The number of nitrogens with zero attached hydrogens (tertiary/aromatic N) is 2. The van der Waals surface area contributed by atoms with Gasteiger partial charge in [0.15, 0.2) is 0 Å². The van der Waals surface area contributed by atoms with Crippen molar-refractivity contribution in [2.24, 2.45) is 5.92 Å². The highest BCUT2D eigenvalue weighted by molar-refractivity contribution is 5.81. The monoisotopic (exact) mass is 303 g/mol. The summed E-state index contributed by atoms with van der Waals surface area (Å²) >= 11 is 0. The maximum atomic E-state index is 12.2. The minimum absolute atomic E-state index is 0.148. The van der Waals surface area contributed by atoms with Crippen LogP contribution in [0.4, 0.5) is 4.79 Å². The topological polar surface area (TPSA) is 113 Å². The maximum absolute atomic E-state index is 12.2. The van der Waals surface area contributed by atoms with Gasteiger partial charge < -0.3 is 30.4 Å². The molecule has 1 atom stereocenters. The van der Waals surface area contributed by atoms with Crippen molar-refractivity contribution in [3.8, 4) is 0 Å². The summed E-state index contributed by atoms with van der Waals surface area (Å²) < 4.78 is 0. The molecule has 1 aliphatic heterocycles. The fourth-order valence-corrected chi connectivity index (χ4v) is 2.28. The zero-order chi connectivity index (χ0) is 16.0. The number of carbonyl (C=O) groups excluding carboxylic acids is 2. The first-order valence-electron chi connectivity index (χ1n) is 7.00. The van der Waals surface area contributed by atoms with Crippen molar-refractivity contribution in [3.63, 3.8) is 0 Å². The van der Waals surface area contributed by atoms with E-state index in [4.69, 9.17) is 0 Å². The lowest BCUT2D eigenvalue weighted by Crippen LogP contribution is -2.59. The van der Waals surface area contributed by atoms with Gasteiger partial charge >= 0.3 is 6.03 Å². The molecule has 3 amide bonds. The summed E-state index contributed by atoms with van der Waals surface area (Å²) in [7, 11) is 3.31. The van der Waals surface area contributed by atoms with E-state index in [-0.39, 0.29) is 11.9 Å². The number of likely N-dealkylation sites (tertiary alicyclic amines) is 1. The molecule has 8 heteroatoms. The van der Waals surface area contributed by atoms with Crippen LogP contribution in [0.5, 0.6) is 0 Å². The molecule has 0 aliphatic carbocycles. The summed E-state index contributed by atoms with van der Waals surface area (Å²) in [6, 6.07) is -0.148. The molecule has 0 radical (unpaired) electrons. The summed E-state index contributed by atoms with van der Waals surface area (Å²) in [4.78, 5) is 27.2. The maximum Gasteiger partial charge on any atom is 0.319 e. The number of rotatable bonds is 5. The molecule has 1 rings (SSSR count). The van der Waals surface area contributed by atoms with Crippen molar-refractivity contribution in [3.05, 3.63) is 0 Å². The van der Waals surface area contributed by atoms with Crippen molar-refractivity contribution in [1.82, 2.24) is 15.1 Å². The molecule has 0 spiro atoms. The molecule has 0 saturated carbocycles. The van der Waals surface area contributed by atoms with Crippen LogP contribution in [0, 0.1) is 5.92 Å². The van der Waals surface area contributed by atoms with Gasteiger partial charge in [-0.25, -0.2) is 4.79 Å². The summed E-state index contributed by atoms with van der Waals surface area (Å²) in [6.07, 6.45) is 1.34. The third-order valence-electron chi connectivity index (χ3n) is 3.74. The SMILES string of the molecule is CN(C)C(=O)N1CCCC(C(=O)NC(CO)(CO)CO)C1. The van der Waals surface area contributed by atoms with Gasteiger partial charge in [0.25, 0.3) is 0 Å². The Labute approximate surface area is 124 Å². The molecule has 1 unspecified atom stereocenters. The highest BCUT2D eigenvalue weighted by Gasteiger charge is 2.35. The Balaban J connectivity index is 2.68. The van der Waals surface area contributed by atoms with Crippen LogP contribution in [-0.2, 0) is 4.79 Å².